The van der Waals surface area contributed by atoms with Crippen molar-refractivity contribution in [3.8, 4) is 0 Å². The van der Waals surface area contributed by atoms with Crippen molar-refractivity contribution < 1.29 is 9.59 Å². The van der Waals surface area contributed by atoms with Crippen LogP contribution >= 0.6 is 11.6 Å². The minimum atomic E-state index is -0.760. The summed E-state index contributed by atoms with van der Waals surface area (Å²) in [5, 5.41) is 12.4. The molecule has 0 aliphatic carbocycles. The molecule has 0 aromatic heterocycles. The first-order valence-corrected chi connectivity index (χ1v) is 7.11. The van der Waals surface area contributed by atoms with Crippen LogP contribution in [0.4, 0.5) is 0 Å². The molecule has 1 rings (SSSR count). The fourth-order valence-corrected chi connectivity index (χ4v) is 1.70. The maximum atomic E-state index is 11.8. The van der Waals surface area contributed by atoms with Crippen LogP contribution in [0.15, 0.2) is 30.3 Å². The molecule has 0 aliphatic rings. The van der Waals surface area contributed by atoms with E-state index in [9.17, 15) is 9.59 Å². The summed E-state index contributed by atoms with van der Waals surface area (Å²) in [7, 11) is 0. The molecule has 0 bridgehead atoms. The van der Waals surface area contributed by atoms with Gasteiger partial charge in [0.2, 0.25) is 5.91 Å². The van der Waals surface area contributed by atoms with Crippen LogP contribution in [0.2, 0.25) is 0 Å². The van der Waals surface area contributed by atoms with Crippen LogP contribution in [-0.2, 0) is 4.79 Å². The van der Waals surface area contributed by atoms with Gasteiger partial charge >= 0.3 is 0 Å². The van der Waals surface area contributed by atoms with E-state index in [1.165, 1.54) is 0 Å². The van der Waals surface area contributed by atoms with Gasteiger partial charge in [-0.1, -0.05) is 18.2 Å². The third kappa shape index (κ3) is 6.37. The van der Waals surface area contributed by atoms with Crippen molar-refractivity contribution in [3.63, 3.8) is 0 Å². The molecule has 0 spiro atoms. The van der Waals surface area contributed by atoms with Crippen LogP contribution < -0.4 is 16.4 Å². The molecule has 0 unspecified atom stereocenters. The highest BCUT2D eigenvalue weighted by molar-refractivity contribution is 6.27. The van der Waals surface area contributed by atoms with E-state index < -0.39 is 17.9 Å². The second-order valence-electron chi connectivity index (χ2n) is 4.47. The van der Waals surface area contributed by atoms with Gasteiger partial charge in [-0.3, -0.25) is 20.3 Å². The third-order valence-corrected chi connectivity index (χ3v) is 3.04. The molecular formula is C14H19ClN4O2. The highest BCUT2D eigenvalue weighted by Gasteiger charge is 2.16. The summed E-state index contributed by atoms with van der Waals surface area (Å²) in [6, 6.07) is 7.71. The molecule has 0 saturated carbocycles. The molecule has 114 valence electrons. The van der Waals surface area contributed by atoms with Gasteiger partial charge in [-0.05, 0) is 25.0 Å². The van der Waals surface area contributed by atoms with Gasteiger partial charge in [0, 0.05) is 12.1 Å². The Kier molecular flexibility index (Phi) is 7.42. The molecule has 0 saturated heterocycles. The Hall–Kier alpha value is -1.92. The predicted octanol–water partition coefficient (Wildman–Crippen LogP) is 0.856. The molecule has 1 aromatic rings. The standard InChI is InChI=1S/C14H19ClN4O2/c15-9-12(17)18-8-4-7-11(16)14(21)19-13(20)10-5-2-1-3-6-10/h1-3,5-6,11H,4,7-9,16H2,(H2,17,18)(H,19,20,21)/t11-/m0/s1. The van der Waals surface area contributed by atoms with E-state index in [-0.39, 0.29) is 11.7 Å². The maximum Gasteiger partial charge on any atom is 0.257 e. The zero-order chi connectivity index (χ0) is 15.7. The Morgan fingerprint density at radius 1 is 1.29 bits per heavy atom. The number of hydrogen-bond donors (Lipinski definition) is 4. The van der Waals surface area contributed by atoms with Gasteiger partial charge in [-0.15, -0.1) is 11.6 Å². The summed E-state index contributed by atoms with van der Waals surface area (Å²) in [5.41, 5.74) is 6.13. The molecular weight excluding hydrogens is 292 g/mol. The lowest BCUT2D eigenvalue weighted by molar-refractivity contribution is -0.121. The summed E-state index contributed by atoms with van der Waals surface area (Å²) < 4.78 is 0. The summed E-state index contributed by atoms with van der Waals surface area (Å²) in [6.45, 7) is 0.513. The first kappa shape index (κ1) is 17.1. The lowest BCUT2D eigenvalue weighted by Gasteiger charge is -2.12. The largest absolute Gasteiger partial charge is 0.373 e. The fourth-order valence-electron chi connectivity index (χ4n) is 1.61. The quantitative estimate of drug-likeness (QED) is 0.259. The summed E-state index contributed by atoms with van der Waals surface area (Å²) in [5.74, 6) is -0.610. The van der Waals surface area contributed by atoms with Crippen molar-refractivity contribution in [2.24, 2.45) is 5.73 Å². The van der Waals surface area contributed by atoms with Crippen LogP contribution in [0.5, 0.6) is 0 Å². The summed E-state index contributed by atoms with van der Waals surface area (Å²) in [4.78, 5) is 23.5. The number of benzene rings is 1. The number of nitrogens with one attached hydrogen (secondary N) is 3. The summed E-state index contributed by atoms with van der Waals surface area (Å²) in [6.07, 6.45) is 1.02. The number of rotatable bonds is 7. The first-order valence-electron chi connectivity index (χ1n) is 6.57. The number of carbonyl (C=O) groups excluding carboxylic acids is 2. The Bertz CT molecular complexity index is 493. The predicted molar refractivity (Wildman–Crippen MR) is 82.6 cm³/mol. The van der Waals surface area contributed by atoms with Crippen LogP contribution in [-0.4, -0.2) is 36.1 Å². The van der Waals surface area contributed by atoms with E-state index in [1.807, 2.05) is 0 Å². The maximum absolute atomic E-state index is 11.8. The number of carbonyl (C=O) groups is 2. The molecule has 5 N–H and O–H groups in total. The van der Waals surface area contributed by atoms with Crippen LogP contribution in [0.1, 0.15) is 23.2 Å². The van der Waals surface area contributed by atoms with Gasteiger partial charge in [-0.2, -0.15) is 0 Å². The van der Waals surface area contributed by atoms with Crippen molar-refractivity contribution in [3.05, 3.63) is 35.9 Å². The van der Waals surface area contributed by atoms with Gasteiger partial charge in [0.1, 0.15) is 5.84 Å². The SMILES string of the molecule is N=C(CCl)NCCC[C@H](N)C(=O)NC(=O)c1ccccc1. The lowest BCUT2D eigenvalue weighted by atomic mass is 10.1. The monoisotopic (exact) mass is 310 g/mol. The van der Waals surface area contributed by atoms with E-state index >= 15 is 0 Å². The Labute approximate surface area is 128 Å². The number of alkyl halides is 1. The van der Waals surface area contributed by atoms with Crippen LogP contribution in [0.3, 0.4) is 0 Å². The van der Waals surface area contributed by atoms with Crippen LogP contribution in [0, 0.1) is 5.41 Å². The Morgan fingerprint density at radius 2 is 1.95 bits per heavy atom. The Morgan fingerprint density at radius 3 is 2.57 bits per heavy atom. The summed E-state index contributed by atoms with van der Waals surface area (Å²) >= 11 is 5.45. The zero-order valence-corrected chi connectivity index (χ0v) is 12.3. The zero-order valence-electron chi connectivity index (χ0n) is 11.6. The molecule has 0 heterocycles. The molecule has 6 nitrogen and oxygen atoms in total. The van der Waals surface area contributed by atoms with Crippen molar-refractivity contribution >= 4 is 29.3 Å². The molecule has 0 radical (unpaired) electrons. The second-order valence-corrected chi connectivity index (χ2v) is 4.74. The third-order valence-electron chi connectivity index (χ3n) is 2.77. The normalized spacial score (nSPS) is 11.5. The highest BCUT2D eigenvalue weighted by Crippen LogP contribution is 1.99. The minimum absolute atomic E-state index is 0.123. The number of imide groups is 1. The lowest BCUT2D eigenvalue weighted by Crippen LogP contribution is -2.43. The van der Waals surface area contributed by atoms with Crippen molar-refractivity contribution in [1.82, 2.24) is 10.6 Å². The van der Waals surface area contributed by atoms with Crippen molar-refractivity contribution in [1.29, 1.82) is 5.41 Å². The van der Waals surface area contributed by atoms with Gasteiger partial charge in [-0.25, -0.2) is 0 Å². The molecule has 0 aliphatic heterocycles. The molecule has 1 atom stereocenters. The van der Waals surface area contributed by atoms with E-state index in [0.29, 0.717) is 24.9 Å². The second kappa shape index (κ2) is 9.10. The number of nitrogens with two attached hydrogens (primary N) is 1. The Balaban J connectivity index is 2.31. The molecule has 21 heavy (non-hydrogen) atoms. The van der Waals surface area contributed by atoms with Crippen molar-refractivity contribution in [2.45, 2.75) is 18.9 Å². The smallest absolute Gasteiger partial charge is 0.257 e. The van der Waals surface area contributed by atoms with E-state index in [0.717, 1.165) is 0 Å². The van der Waals surface area contributed by atoms with Gasteiger partial charge in [0.05, 0.1) is 11.9 Å². The molecule has 2 amide bonds. The number of hydrogen-bond acceptors (Lipinski definition) is 4. The van der Waals surface area contributed by atoms with E-state index in [4.69, 9.17) is 22.7 Å². The van der Waals surface area contributed by atoms with Crippen molar-refractivity contribution in [2.75, 3.05) is 12.4 Å². The van der Waals surface area contributed by atoms with Gasteiger partial charge < -0.3 is 11.1 Å². The van der Waals surface area contributed by atoms with E-state index in [2.05, 4.69) is 10.6 Å². The number of amidine groups is 1. The molecule has 0 fully saturated rings. The molecule has 1 aromatic carbocycles. The average molecular weight is 311 g/mol. The minimum Gasteiger partial charge on any atom is -0.373 e. The van der Waals surface area contributed by atoms with Crippen LogP contribution in [0.25, 0.3) is 0 Å². The molecule has 7 heteroatoms. The topological polar surface area (TPSA) is 108 Å². The van der Waals surface area contributed by atoms with E-state index in [1.54, 1.807) is 30.3 Å². The average Bonchev–Trinajstić information content (AvgIpc) is 2.51. The van der Waals surface area contributed by atoms with Gasteiger partial charge in [0.25, 0.3) is 5.91 Å². The fraction of sp³-hybridized carbons (Fsp3) is 0.357. The van der Waals surface area contributed by atoms with Gasteiger partial charge in [0.15, 0.2) is 0 Å². The number of halogens is 1. The first-order chi connectivity index (χ1) is 10.0. The highest BCUT2D eigenvalue weighted by atomic mass is 35.5. The number of amides is 2.